The lowest BCUT2D eigenvalue weighted by atomic mass is 10.1. The number of carbonyl (C=O) groups is 1. The van der Waals surface area contributed by atoms with Crippen LogP contribution >= 0.6 is 46.6 Å². The fourth-order valence-corrected chi connectivity index (χ4v) is 2.88. The zero-order chi connectivity index (χ0) is 15.4. The lowest BCUT2D eigenvalue weighted by Crippen LogP contribution is -2.03. The van der Waals surface area contributed by atoms with Crippen molar-refractivity contribution < 1.29 is 9.90 Å². The predicted octanol–water partition coefficient (Wildman–Crippen LogP) is 5.39. The van der Waals surface area contributed by atoms with Gasteiger partial charge in [-0.25, -0.2) is 0 Å². The molecule has 2 aromatic carbocycles. The summed E-state index contributed by atoms with van der Waals surface area (Å²) < 4.78 is 0. The molecule has 110 valence electrons. The quantitative estimate of drug-likeness (QED) is 0.742. The molecular formula is C15H11Cl3O2S. The third kappa shape index (κ3) is 4.90. The average molecular weight is 362 g/mol. The molecule has 1 N–H and O–H groups in total. The minimum Gasteiger partial charge on any atom is -0.388 e. The summed E-state index contributed by atoms with van der Waals surface area (Å²) in [6, 6.07) is 11.8. The summed E-state index contributed by atoms with van der Waals surface area (Å²) in [5, 5.41) is 11.3. The number of aliphatic hydroxyl groups excluding tert-OH is 1. The van der Waals surface area contributed by atoms with E-state index in [-0.39, 0.29) is 11.5 Å². The summed E-state index contributed by atoms with van der Waals surface area (Å²) in [6.45, 7) is 0. The number of carbonyl (C=O) groups excluding carboxylic acids is 1. The van der Waals surface area contributed by atoms with Gasteiger partial charge in [-0.15, -0.1) is 0 Å². The zero-order valence-electron chi connectivity index (χ0n) is 10.7. The van der Waals surface area contributed by atoms with E-state index in [9.17, 15) is 9.90 Å². The molecule has 2 rings (SSSR count). The van der Waals surface area contributed by atoms with Gasteiger partial charge >= 0.3 is 0 Å². The fourth-order valence-electron chi connectivity index (χ4n) is 1.67. The van der Waals surface area contributed by atoms with Crippen LogP contribution in [0.5, 0.6) is 0 Å². The van der Waals surface area contributed by atoms with Gasteiger partial charge in [0.2, 0.25) is 0 Å². The van der Waals surface area contributed by atoms with Gasteiger partial charge in [0, 0.05) is 16.3 Å². The maximum atomic E-state index is 11.9. The number of hydrogen-bond acceptors (Lipinski definition) is 3. The van der Waals surface area contributed by atoms with E-state index in [1.165, 1.54) is 0 Å². The first-order chi connectivity index (χ1) is 9.95. The summed E-state index contributed by atoms with van der Waals surface area (Å²) >= 11 is 18.6. The van der Waals surface area contributed by atoms with Crippen molar-refractivity contribution in [1.29, 1.82) is 0 Å². The Hall–Kier alpha value is -0.710. The second kappa shape index (κ2) is 7.52. The van der Waals surface area contributed by atoms with Gasteiger partial charge in [0.15, 0.2) is 5.12 Å². The monoisotopic (exact) mass is 360 g/mol. The lowest BCUT2D eigenvalue weighted by molar-refractivity contribution is -0.112. The van der Waals surface area contributed by atoms with E-state index in [2.05, 4.69) is 0 Å². The number of benzene rings is 2. The minimum absolute atomic E-state index is 0.00868. The van der Waals surface area contributed by atoms with Crippen LogP contribution < -0.4 is 0 Å². The maximum Gasteiger partial charge on any atom is 0.196 e. The fraction of sp³-hybridized carbons (Fsp3) is 0.133. The highest BCUT2D eigenvalue weighted by atomic mass is 35.5. The highest BCUT2D eigenvalue weighted by Gasteiger charge is 2.15. The van der Waals surface area contributed by atoms with Gasteiger partial charge in [-0.1, -0.05) is 52.6 Å². The van der Waals surface area contributed by atoms with Crippen molar-refractivity contribution in [3.63, 3.8) is 0 Å². The van der Waals surface area contributed by atoms with Crippen molar-refractivity contribution in [2.45, 2.75) is 17.4 Å². The van der Waals surface area contributed by atoms with Gasteiger partial charge in [0.1, 0.15) is 0 Å². The van der Waals surface area contributed by atoms with E-state index in [1.54, 1.807) is 42.5 Å². The molecule has 0 heterocycles. The van der Waals surface area contributed by atoms with Crippen LogP contribution in [-0.2, 0) is 4.79 Å². The van der Waals surface area contributed by atoms with Crippen molar-refractivity contribution in [3.05, 3.63) is 63.1 Å². The summed E-state index contributed by atoms with van der Waals surface area (Å²) in [7, 11) is 0. The number of rotatable bonds is 4. The smallest absolute Gasteiger partial charge is 0.196 e. The molecule has 0 amide bonds. The Morgan fingerprint density at radius 1 is 1.05 bits per heavy atom. The van der Waals surface area contributed by atoms with Gasteiger partial charge in [-0.05, 0) is 42.0 Å². The molecule has 0 bridgehead atoms. The molecule has 0 aliphatic rings. The molecule has 2 aromatic rings. The molecule has 2 nitrogen and oxygen atoms in total. The summed E-state index contributed by atoms with van der Waals surface area (Å²) in [5.41, 5.74) is 0.564. The van der Waals surface area contributed by atoms with Gasteiger partial charge in [-0.2, -0.15) is 0 Å². The molecule has 0 aliphatic heterocycles. The molecular weight excluding hydrogens is 351 g/mol. The first kappa shape index (κ1) is 16.7. The molecule has 0 saturated heterocycles. The van der Waals surface area contributed by atoms with E-state index in [1.807, 2.05) is 0 Å². The van der Waals surface area contributed by atoms with E-state index in [4.69, 9.17) is 34.8 Å². The maximum absolute atomic E-state index is 11.9. The van der Waals surface area contributed by atoms with Crippen LogP contribution in [0.15, 0.2) is 47.4 Å². The predicted molar refractivity (Wildman–Crippen MR) is 88.4 cm³/mol. The summed E-state index contributed by atoms with van der Waals surface area (Å²) in [4.78, 5) is 12.7. The SMILES string of the molecule is O=C(CC(O)c1ccc(Cl)c(Cl)c1)Sc1ccc(Cl)cc1. The van der Waals surface area contributed by atoms with Crippen LogP contribution in [0.1, 0.15) is 18.1 Å². The standard InChI is InChI=1S/C15H11Cl3O2S/c16-10-2-4-11(5-3-10)21-15(20)8-14(19)9-1-6-12(17)13(18)7-9/h1-7,14,19H,8H2. The first-order valence-electron chi connectivity index (χ1n) is 6.05. The van der Waals surface area contributed by atoms with Gasteiger partial charge in [0.25, 0.3) is 0 Å². The van der Waals surface area contributed by atoms with Crippen LogP contribution in [0.4, 0.5) is 0 Å². The molecule has 0 aromatic heterocycles. The number of hydrogen-bond donors (Lipinski definition) is 1. The van der Waals surface area contributed by atoms with Crippen molar-refractivity contribution in [2.24, 2.45) is 0 Å². The molecule has 0 fully saturated rings. The molecule has 1 unspecified atom stereocenters. The van der Waals surface area contributed by atoms with Crippen LogP contribution in [0.25, 0.3) is 0 Å². The molecule has 6 heteroatoms. The van der Waals surface area contributed by atoms with Crippen molar-refractivity contribution in [3.8, 4) is 0 Å². The van der Waals surface area contributed by atoms with Gasteiger partial charge in [-0.3, -0.25) is 4.79 Å². The topological polar surface area (TPSA) is 37.3 Å². The normalized spacial score (nSPS) is 12.2. The Morgan fingerprint density at radius 3 is 2.33 bits per heavy atom. The highest BCUT2D eigenvalue weighted by molar-refractivity contribution is 8.13. The lowest BCUT2D eigenvalue weighted by Gasteiger charge is -2.11. The Kier molecular flexibility index (Phi) is 5.97. The van der Waals surface area contributed by atoms with E-state index in [0.29, 0.717) is 20.6 Å². The number of aliphatic hydroxyl groups is 1. The number of halogens is 3. The summed E-state index contributed by atoms with van der Waals surface area (Å²) in [6.07, 6.45) is -0.919. The first-order valence-corrected chi connectivity index (χ1v) is 8.00. The van der Waals surface area contributed by atoms with E-state index < -0.39 is 6.10 Å². The van der Waals surface area contributed by atoms with E-state index >= 15 is 0 Å². The van der Waals surface area contributed by atoms with Crippen LogP contribution in [0.3, 0.4) is 0 Å². The molecule has 0 aliphatic carbocycles. The average Bonchev–Trinajstić information content (AvgIpc) is 2.44. The minimum atomic E-state index is -0.910. The third-order valence-electron chi connectivity index (χ3n) is 2.73. The van der Waals surface area contributed by atoms with Crippen molar-refractivity contribution in [2.75, 3.05) is 0 Å². The van der Waals surface area contributed by atoms with E-state index in [0.717, 1.165) is 16.7 Å². The molecule has 1 atom stereocenters. The van der Waals surface area contributed by atoms with Crippen molar-refractivity contribution >= 4 is 51.7 Å². The molecule has 21 heavy (non-hydrogen) atoms. The molecule has 0 spiro atoms. The molecule has 0 radical (unpaired) electrons. The second-order valence-electron chi connectivity index (χ2n) is 4.32. The number of thioether (sulfide) groups is 1. The Morgan fingerprint density at radius 2 is 1.71 bits per heavy atom. The molecule has 0 saturated carbocycles. The van der Waals surface area contributed by atoms with Crippen LogP contribution in [0, 0.1) is 0 Å². The largest absolute Gasteiger partial charge is 0.388 e. The zero-order valence-corrected chi connectivity index (χ0v) is 13.8. The van der Waals surface area contributed by atoms with Gasteiger partial charge in [0.05, 0.1) is 16.1 Å². The Labute approximate surface area is 142 Å². The Balaban J connectivity index is 1.98. The third-order valence-corrected chi connectivity index (χ3v) is 4.63. The highest BCUT2D eigenvalue weighted by Crippen LogP contribution is 2.29. The van der Waals surface area contributed by atoms with Crippen LogP contribution in [0.2, 0.25) is 15.1 Å². The summed E-state index contributed by atoms with van der Waals surface area (Å²) in [5.74, 6) is 0. The van der Waals surface area contributed by atoms with Gasteiger partial charge < -0.3 is 5.11 Å². The second-order valence-corrected chi connectivity index (χ2v) is 6.70. The van der Waals surface area contributed by atoms with Crippen molar-refractivity contribution in [1.82, 2.24) is 0 Å². The Bertz CT molecular complexity index is 644. The van der Waals surface area contributed by atoms with Crippen LogP contribution in [-0.4, -0.2) is 10.2 Å².